The molecule has 1 N–H and O–H groups in total. The molecule has 0 radical (unpaired) electrons. The number of allylic oxidation sites excluding steroid dienone is 1. The van der Waals surface area contributed by atoms with Crippen molar-refractivity contribution in [2.24, 2.45) is 4.99 Å². The summed E-state index contributed by atoms with van der Waals surface area (Å²) < 4.78 is 23.2. The summed E-state index contributed by atoms with van der Waals surface area (Å²) in [6.07, 6.45) is 5.14. The predicted molar refractivity (Wildman–Crippen MR) is 130 cm³/mol. The van der Waals surface area contributed by atoms with Crippen LogP contribution in [-0.2, 0) is 23.6 Å². The molecule has 10 nitrogen and oxygen atoms in total. The van der Waals surface area contributed by atoms with Crippen LogP contribution in [0.3, 0.4) is 0 Å². The lowest BCUT2D eigenvalue weighted by atomic mass is 9.79. The Kier molecular flexibility index (Phi) is 7.74. The molecule has 0 spiro atoms. The topological polar surface area (TPSA) is 121 Å². The second-order valence-electron chi connectivity index (χ2n) is 11.1. The van der Waals surface area contributed by atoms with Crippen molar-refractivity contribution in [3.8, 4) is 5.75 Å². The van der Waals surface area contributed by atoms with Crippen LogP contribution in [0.15, 0.2) is 28.9 Å². The van der Waals surface area contributed by atoms with E-state index in [-0.39, 0.29) is 13.1 Å². The second kappa shape index (κ2) is 9.54. The highest BCUT2D eigenvalue weighted by Gasteiger charge is 2.52. The minimum atomic E-state index is -0.613. The Balaban J connectivity index is 0.000000378. The van der Waals surface area contributed by atoms with Gasteiger partial charge >= 0.3 is 19.2 Å². The maximum atomic E-state index is 12.0. The highest BCUT2D eigenvalue weighted by Crippen LogP contribution is 2.38. The lowest BCUT2D eigenvalue weighted by molar-refractivity contribution is -0.155. The van der Waals surface area contributed by atoms with Crippen molar-refractivity contribution in [1.29, 1.82) is 0 Å². The zero-order valence-electron chi connectivity index (χ0n) is 21.7. The van der Waals surface area contributed by atoms with E-state index in [4.69, 9.17) is 23.9 Å². The monoisotopic (exact) mass is 479 g/mol. The summed E-state index contributed by atoms with van der Waals surface area (Å²) in [6.45, 7) is 18.7. The van der Waals surface area contributed by atoms with Gasteiger partial charge in [0, 0.05) is 7.64 Å². The molecular weight excluding hydrogens is 441 g/mol. The average molecular weight is 479 g/mol. The number of ether oxygens (including phenoxy) is 2. The van der Waals surface area contributed by atoms with Gasteiger partial charge < -0.3 is 23.9 Å². The molecule has 1 aromatic rings. The Morgan fingerprint density at radius 2 is 1.59 bits per heavy atom. The molecule has 1 aromatic heterocycles. The summed E-state index contributed by atoms with van der Waals surface area (Å²) >= 11 is 0. The van der Waals surface area contributed by atoms with Gasteiger partial charge in [0.1, 0.15) is 11.2 Å². The molecule has 1 atom stereocenters. The molecule has 2 aliphatic rings. The second-order valence-corrected chi connectivity index (χ2v) is 11.1. The third kappa shape index (κ3) is 7.43. The largest absolute Gasteiger partial charge is 0.505 e. The van der Waals surface area contributed by atoms with Gasteiger partial charge in [0.2, 0.25) is 0 Å². The number of rotatable bonds is 2. The van der Waals surface area contributed by atoms with E-state index in [2.05, 4.69) is 10.1 Å². The summed E-state index contributed by atoms with van der Waals surface area (Å²) in [7, 11) is -0.494. The molecule has 2 aliphatic heterocycles. The van der Waals surface area contributed by atoms with Crippen LogP contribution in [-0.4, -0.2) is 68.7 Å². The number of esters is 1. The molecule has 0 aromatic carbocycles. The van der Waals surface area contributed by atoms with E-state index >= 15 is 0 Å². The SMILES string of the molecule is CC(C)(C)OC(=O)C1C=C(B2OC(C)(C)C(C)(C)O2)C=N1.CC(C)(C)OC(=O)n1cc(O)cn1.[HH]. The van der Waals surface area contributed by atoms with E-state index < -0.39 is 41.7 Å². The molecule has 0 aliphatic carbocycles. The molecule has 0 saturated carbocycles. The fraction of sp³-hybridized carbons (Fsp3) is 0.652. The van der Waals surface area contributed by atoms with Crippen molar-refractivity contribution in [3.63, 3.8) is 0 Å². The van der Waals surface area contributed by atoms with E-state index in [1.165, 1.54) is 12.4 Å². The van der Waals surface area contributed by atoms with E-state index in [1.54, 1.807) is 33.1 Å². The van der Waals surface area contributed by atoms with Crippen LogP contribution >= 0.6 is 0 Å². The predicted octanol–water partition coefficient (Wildman–Crippen LogP) is 3.96. The maximum Gasteiger partial charge on any atom is 0.496 e. The normalized spacial score (nSPS) is 20.9. The Morgan fingerprint density at radius 3 is 2.03 bits per heavy atom. The molecule has 1 fully saturated rings. The first-order chi connectivity index (χ1) is 15.3. The molecule has 1 saturated heterocycles. The van der Waals surface area contributed by atoms with Crippen LogP contribution in [0.1, 0.15) is 70.7 Å². The van der Waals surface area contributed by atoms with Crippen molar-refractivity contribution < 1.29 is 34.9 Å². The van der Waals surface area contributed by atoms with Crippen LogP contribution < -0.4 is 0 Å². The number of aliphatic imine (C=N–C) groups is 1. The molecule has 190 valence electrons. The first-order valence-electron chi connectivity index (χ1n) is 11.1. The highest BCUT2D eigenvalue weighted by atomic mass is 16.7. The van der Waals surface area contributed by atoms with Gasteiger partial charge in [0.05, 0.1) is 23.6 Å². The van der Waals surface area contributed by atoms with Crippen molar-refractivity contribution in [1.82, 2.24) is 9.78 Å². The first-order valence-corrected chi connectivity index (χ1v) is 11.1. The van der Waals surface area contributed by atoms with Gasteiger partial charge in [-0.05, 0) is 80.8 Å². The van der Waals surface area contributed by atoms with Crippen molar-refractivity contribution >= 4 is 25.4 Å². The van der Waals surface area contributed by atoms with Crippen molar-refractivity contribution in [2.75, 3.05) is 0 Å². The number of carbonyl (C=O) groups is 2. The fourth-order valence-corrected chi connectivity index (χ4v) is 2.77. The number of aromatic hydroxyl groups is 1. The summed E-state index contributed by atoms with van der Waals surface area (Å²) in [4.78, 5) is 27.4. The molecule has 1 unspecified atom stereocenters. The Labute approximate surface area is 202 Å². The quantitative estimate of drug-likeness (QED) is 0.500. The Bertz CT molecular complexity index is 958. The van der Waals surface area contributed by atoms with Crippen LogP contribution in [0.2, 0.25) is 0 Å². The molecule has 0 bridgehead atoms. The highest BCUT2D eigenvalue weighted by molar-refractivity contribution is 6.60. The minimum absolute atomic E-state index is 0. The van der Waals surface area contributed by atoms with E-state index in [1.807, 2.05) is 48.5 Å². The lowest BCUT2D eigenvalue weighted by Crippen LogP contribution is -2.41. The van der Waals surface area contributed by atoms with Gasteiger partial charge in [0.15, 0.2) is 11.8 Å². The van der Waals surface area contributed by atoms with Crippen LogP contribution in [0.25, 0.3) is 0 Å². The smallest absolute Gasteiger partial charge is 0.496 e. The van der Waals surface area contributed by atoms with Gasteiger partial charge in [-0.2, -0.15) is 9.78 Å². The molecular formula is C23H38BN3O7. The van der Waals surface area contributed by atoms with Gasteiger partial charge in [-0.3, -0.25) is 4.99 Å². The standard InChI is InChI=1S/C15H24BNO4.C8H12N2O3.H2/c1-13(2,3)19-12(18)11-8-10(9-17-11)16-20-14(4,5)15(6,7)21-16;1-8(2,3)13-7(12)10-5-6(11)4-9-10;/h8-9,11H,1-7H3;4-5,11H,1-3H3;1H. The zero-order valence-corrected chi connectivity index (χ0v) is 21.7. The van der Waals surface area contributed by atoms with Crippen molar-refractivity contribution in [3.05, 3.63) is 23.9 Å². The zero-order chi connectivity index (χ0) is 26.1. The molecule has 34 heavy (non-hydrogen) atoms. The Hall–Kier alpha value is -2.66. The van der Waals surface area contributed by atoms with Gasteiger partial charge in [-0.15, -0.1) is 0 Å². The van der Waals surface area contributed by atoms with E-state index in [9.17, 15) is 9.59 Å². The van der Waals surface area contributed by atoms with E-state index in [0.29, 0.717) is 0 Å². The number of aromatic nitrogens is 2. The number of nitrogens with zero attached hydrogens (tertiary/aromatic N) is 3. The van der Waals surface area contributed by atoms with Gasteiger partial charge in [-0.25, -0.2) is 9.59 Å². The average Bonchev–Trinajstić information content (AvgIpc) is 3.31. The summed E-state index contributed by atoms with van der Waals surface area (Å²) in [6, 6.07) is -0.613. The summed E-state index contributed by atoms with van der Waals surface area (Å²) in [5, 5.41) is 12.5. The van der Waals surface area contributed by atoms with Crippen LogP contribution in [0.4, 0.5) is 4.79 Å². The Morgan fingerprint density at radius 1 is 1.06 bits per heavy atom. The molecule has 3 heterocycles. The number of hydrogen-bond acceptors (Lipinski definition) is 9. The first kappa shape index (κ1) is 27.6. The maximum absolute atomic E-state index is 12.0. The lowest BCUT2D eigenvalue weighted by Gasteiger charge is -2.32. The molecule has 3 rings (SSSR count). The van der Waals surface area contributed by atoms with Gasteiger partial charge in [0.25, 0.3) is 0 Å². The minimum Gasteiger partial charge on any atom is -0.505 e. The molecule has 11 heteroatoms. The summed E-state index contributed by atoms with van der Waals surface area (Å²) in [5.74, 6) is -0.420. The number of hydrogen-bond donors (Lipinski definition) is 1. The third-order valence-corrected chi connectivity index (χ3v) is 5.06. The van der Waals surface area contributed by atoms with Crippen LogP contribution in [0.5, 0.6) is 5.75 Å². The molecule has 0 amide bonds. The summed E-state index contributed by atoms with van der Waals surface area (Å²) in [5.41, 5.74) is -1.12. The van der Waals surface area contributed by atoms with E-state index in [0.717, 1.165) is 10.2 Å². The number of carbonyl (C=O) groups excluding carboxylic acids is 2. The van der Waals surface area contributed by atoms with Gasteiger partial charge in [-0.1, -0.05) is 0 Å². The fourth-order valence-electron chi connectivity index (χ4n) is 2.77. The van der Waals surface area contributed by atoms with Crippen molar-refractivity contribution in [2.45, 2.75) is 97.7 Å². The van der Waals surface area contributed by atoms with Crippen LogP contribution in [0, 0.1) is 0 Å². The third-order valence-electron chi connectivity index (χ3n) is 5.06.